The lowest BCUT2D eigenvalue weighted by atomic mass is 10.0. The third-order valence-corrected chi connectivity index (χ3v) is 5.82. The number of rotatable bonds is 3. The van der Waals surface area contributed by atoms with Gasteiger partial charge in [0, 0.05) is 12.1 Å². The number of fused-ring (bicyclic) bond motifs is 2. The predicted molar refractivity (Wildman–Crippen MR) is 95.6 cm³/mol. The van der Waals surface area contributed by atoms with E-state index in [1.165, 1.54) is 24.1 Å². The van der Waals surface area contributed by atoms with E-state index in [9.17, 15) is 10.1 Å². The second-order valence-corrected chi connectivity index (χ2v) is 7.20. The summed E-state index contributed by atoms with van der Waals surface area (Å²) >= 11 is 0. The molecule has 126 valence electrons. The third kappa shape index (κ3) is 2.15. The number of benzene rings is 2. The van der Waals surface area contributed by atoms with E-state index >= 15 is 0 Å². The van der Waals surface area contributed by atoms with Gasteiger partial charge < -0.3 is 0 Å². The van der Waals surface area contributed by atoms with Crippen LogP contribution in [0.1, 0.15) is 42.9 Å². The summed E-state index contributed by atoms with van der Waals surface area (Å²) in [6.07, 6.45) is 4.68. The minimum atomic E-state index is -0.340. The van der Waals surface area contributed by atoms with E-state index < -0.39 is 0 Å². The van der Waals surface area contributed by atoms with Gasteiger partial charge in [0.05, 0.1) is 22.7 Å². The number of nitrogens with zero attached hydrogens (tertiary/aromatic N) is 3. The molecule has 2 aromatic carbocycles. The minimum Gasteiger partial charge on any atom is -0.265 e. The van der Waals surface area contributed by atoms with Gasteiger partial charge in [-0.05, 0) is 36.8 Å². The number of aliphatic imine (C=N–C) groups is 1. The second kappa shape index (κ2) is 5.23. The Morgan fingerprint density at radius 1 is 1.00 bits per heavy atom. The second-order valence-electron chi connectivity index (χ2n) is 7.20. The van der Waals surface area contributed by atoms with Crippen molar-refractivity contribution in [1.29, 1.82) is 0 Å². The van der Waals surface area contributed by atoms with Crippen LogP contribution in [0.4, 0.5) is 5.69 Å². The SMILES string of the molecule is O=[N+]([O-])c1ccc([C@@H]2[C@@H]3C(c4ccccc4)=NC4(CCCC4)N23)cc1. The Hall–Kier alpha value is -2.53. The molecule has 0 radical (unpaired) electrons. The Labute approximate surface area is 146 Å². The fraction of sp³-hybridized carbons (Fsp3) is 0.350. The zero-order chi connectivity index (χ0) is 17.0. The standard InChI is InChI=1S/C20H19N3O2/c24-23(25)16-10-8-15(9-11-16)18-19-17(14-6-2-1-3-7-14)21-20(22(18)19)12-4-5-13-20/h1-3,6-11,18-19H,4-5,12-13H2/t18-,19+,22?/m1/s1. The Morgan fingerprint density at radius 2 is 1.68 bits per heavy atom. The van der Waals surface area contributed by atoms with Gasteiger partial charge in [-0.25, -0.2) is 0 Å². The molecule has 2 heterocycles. The van der Waals surface area contributed by atoms with Gasteiger partial charge in [-0.1, -0.05) is 42.5 Å². The van der Waals surface area contributed by atoms with Crippen molar-refractivity contribution >= 4 is 11.4 Å². The molecular weight excluding hydrogens is 314 g/mol. The van der Waals surface area contributed by atoms with E-state index in [0.717, 1.165) is 18.4 Å². The van der Waals surface area contributed by atoms with Crippen LogP contribution < -0.4 is 0 Å². The summed E-state index contributed by atoms with van der Waals surface area (Å²) in [4.78, 5) is 18.3. The van der Waals surface area contributed by atoms with Crippen LogP contribution in [0.25, 0.3) is 0 Å². The smallest absolute Gasteiger partial charge is 0.265 e. The van der Waals surface area contributed by atoms with Gasteiger partial charge in [-0.3, -0.25) is 20.0 Å². The highest BCUT2D eigenvalue weighted by Gasteiger charge is 2.65. The molecular formula is C20H19N3O2. The minimum absolute atomic E-state index is 0.0533. The normalized spacial score (nSPS) is 28.6. The first-order chi connectivity index (χ1) is 12.2. The first kappa shape index (κ1) is 14.8. The van der Waals surface area contributed by atoms with E-state index in [4.69, 9.17) is 4.99 Å². The zero-order valence-corrected chi connectivity index (χ0v) is 13.8. The van der Waals surface area contributed by atoms with E-state index in [1.807, 2.05) is 18.2 Å². The summed E-state index contributed by atoms with van der Waals surface area (Å²) in [7, 11) is 0. The Balaban J connectivity index is 1.52. The molecule has 5 heteroatoms. The molecule has 1 aliphatic carbocycles. The Kier molecular flexibility index (Phi) is 3.09. The molecule has 1 spiro atoms. The lowest BCUT2D eigenvalue weighted by molar-refractivity contribution is -0.384. The topological polar surface area (TPSA) is 58.5 Å². The van der Waals surface area contributed by atoms with Crippen molar-refractivity contribution in [2.75, 3.05) is 0 Å². The number of non-ortho nitro benzene ring substituents is 1. The van der Waals surface area contributed by atoms with Crippen LogP contribution in [0.2, 0.25) is 0 Å². The van der Waals surface area contributed by atoms with Crippen LogP contribution in [-0.2, 0) is 0 Å². The first-order valence-corrected chi connectivity index (χ1v) is 8.88. The maximum Gasteiger partial charge on any atom is 0.269 e. The highest BCUT2D eigenvalue weighted by atomic mass is 16.6. The molecule has 1 saturated carbocycles. The molecule has 25 heavy (non-hydrogen) atoms. The molecule has 3 atom stereocenters. The van der Waals surface area contributed by atoms with Crippen LogP contribution in [0.15, 0.2) is 59.6 Å². The molecule has 0 amide bonds. The number of hydrogen-bond acceptors (Lipinski definition) is 4. The van der Waals surface area contributed by atoms with E-state index in [-0.39, 0.29) is 16.3 Å². The molecule has 2 fully saturated rings. The lowest BCUT2D eigenvalue weighted by Crippen LogP contribution is -2.30. The van der Waals surface area contributed by atoms with Gasteiger partial charge in [-0.2, -0.15) is 0 Å². The predicted octanol–water partition coefficient (Wildman–Crippen LogP) is 4.09. The van der Waals surface area contributed by atoms with Crippen LogP contribution >= 0.6 is 0 Å². The molecule has 5 rings (SSSR count). The van der Waals surface area contributed by atoms with Crippen molar-refractivity contribution in [3.05, 3.63) is 75.8 Å². The van der Waals surface area contributed by atoms with Crippen LogP contribution in [-0.4, -0.2) is 27.2 Å². The number of nitro groups is 1. The monoisotopic (exact) mass is 333 g/mol. The molecule has 5 nitrogen and oxygen atoms in total. The molecule has 2 aromatic rings. The van der Waals surface area contributed by atoms with Crippen molar-refractivity contribution in [2.24, 2.45) is 4.99 Å². The third-order valence-electron chi connectivity index (χ3n) is 5.82. The van der Waals surface area contributed by atoms with Crippen molar-refractivity contribution in [3.8, 4) is 0 Å². The molecule has 0 bridgehead atoms. The summed E-state index contributed by atoms with van der Waals surface area (Å²) in [5, 5.41) is 10.9. The Bertz CT molecular complexity index is 854. The van der Waals surface area contributed by atoms with Gasteiger partial charge in [0.25, 0.3) is 5.69 Å². The van der Waals surface area contributed by atoms with Crippen molar-refractivity contribution in [3.63, 3.8) is 0 Å². The maximum atomic E-state index is 10.9. The van der Waals surface area contributed by atoms with E-state index in [0.29, 0.717) is 12.1 Å². The Morgan fingerprint density at radius 3 is 2.32 bits per heavy atom. The van der Waals surface area contributed by atoms with Crippen molar-refractivity contribution in [2.45, 2.75) is 43.4 Å². The zero-order valence-electron chi connectivity index (χ0n) is 13.8. The van der Waals surface area contributed by atoms with Gasteiger partial charge in [0.15, 0.2) is 0 Å². The summed E-state index contributed by atoms with van der Waals surface area (Å²) in [6.45, 7) is 0. The quantitative estimate of drug-likeness (QED) is 0.483. The molecule has 0 N–H and O–H groups in total. The van der Waals surface area contributed by atoms with Gasteiger partial charge >= 0.3 is 0 Å². The number of nitro benzene ring substituents is 1. The fourth-order valence-corrected chi connectivity index (χ4v) is 4.67. The fourth-order valence-electron chi connectivity index (χ4n) is 4.67. The average molecular weight is 333 g/mol. The molecule has 3 aliphatic rings. The number of hydrogen-bond donors (Lipinski definition) is 0. The molecule has 2 aliphatic heterocycles. The van der Waals surface area contributed by atoms with Crippen LogP contribution in [0.3, 0.4) is 0 Å². The first-order valence-electron chi connectivity index (χ1n) is 8.88. The van der Waals surface area contributed by atoms with E-state index in [1.54, 1.807) is 12.1 Å². The summed E-state index contributed by atoms with van der Waals surface area (Å²) in [5.74, 6) is 0. The maximum absolute atomic E-state index is 10.9. The van der Waals surface area contributed by atoms with E-state index in [2.05, 4.69) is 29.2 Å². The molecule has 0 aromatic heterocycles. The summed E-state index contributed by atoms with van der Waals surface area (Å²) < 4.78 is 0. The average Bonchev–Trinajstić information content (AvgIpc) is 3.07. The van der Waals surface area contributed by atoms with Gasteiger partial charge in [-0.15, -0.1) is 0 Å². The lowest BCUT2D eigenvalue weighted by Gasteiger charge is -2.25. The van der Waals surface area contributed by atoms with Crippen LogP contribution in [0, 0.1) is 10.1 Å². The van der Waals surface area contributed by atoms with Crippen molar-refractivity contribution < 1.29 is 4.92 Å². The highest BCUT2D eigenvalue weighted by molar-refractivity contribution is 6.08. The molecule has 1 unspecified atom stereocenters. The summed E-state index contributed by atoms with van der Waals surface area (Å²) in [6, 6.07) is 18.1. The molecule has 1 saturated heterocycles. The van der Waals surface area contributed by atoms with Gasteiger partial charge in [0.1, 0.15) is 5.66 Å². The van der Waals surface area contributed by atoms with Crippen molar-refractivity contribution in [1.82, 2.24) is 4.90 Å². The van der Waals surface area contributed by atoms with Crippen LogP contribution in [0.5, 0.6) is 0 Å². The summed E-state index contributed by atoms with van der Waals surface area (Å²) in [5.41, 5.74) is 3.64. The largest absolute Gasteiger partial charge is 0.269 e. The highest BCUT2D eigenvalue weighted by Crippen LogP contribution is 2.59. The van der Waals surface area contributed by atoms with Gasteiger partial charge in [0.2, 0.25) is 0 Å².